The highest BCUT2D eigenvalue weighted by Gasteiger charge is 2.23. The molecule has 0 heterocycles. The maximum absolute atomic E-state index is 12.2. The van der Waals surface area contributed by atoms with E-state index in [0.717, 1.165) is 5.56 Å². The number of alkyl carbamates (subject to hydrolysis) is 1. The van der Waals surface area contributed by atoms with E-state index in [4.69, 9.17) is 9.84 Å². The van der Waals surface area contributed by atoms with Crippen LogP contribution in [0.4, 0.5) is 4.79 Å². The van der Waals surface area contributed by atoms with E-state index in [-0.39, 0.29) is 19.3 Å². The predicted molar refractivity (Wildman–Crippen MR) is 86.7 cm³/mol. The van der Waals surface area contributed by atoms with E-state index >= 15 is 0 Å². The van der Waals surface area contributed by atoms with Gasteiger partial charge in [-0.25, -0.2) is 4.79 Å². The first-order valence-corrected chi connectivity index (χ1v) is 7.70. The molecule has 0 bridgehead atoms. The number of aliphatic carboxylic acids is 1. The Morgan fingerprint density at radius 2 is 1.72 bits per heavy atom. The quantitative estimate of drug-likeness (QED) is 0.513. The lowest BCUT2D eigenvalue weighted by atomic mass is 10.00. The van der Waals surface area contributed by atoms with Crippen molar-refractivity contribution in [3.8, 4) is 0 Å². The fourth-order valence-electron chi connectivity index (χ4n) is 2.08. The van der Waals surface area contributed by atoms with Crippen LogP contribution in [0.25, 0.3) is 0 Å². The van der Waals surface area contributed by atoms with Gasteiger partial charge in [-0.1, -0.05) is 30.3 Å². The van der Waals surface area contributed by atoms with E-state index in [1.54, 1.807) is 24.3 Å². The summed E-state index contributed by atoms with van der Waals surface area (Å²) in [5.74, 6) is -2.14. The van der Waals surface area contributed by atoms with Crippen LogP contribution in [-0.4, -0.2) is 41.3 Å². The van der Waals surface area contributed by atoms with Crippen LogP contribution in [0.15, 0.2) is 30.3 Å². The number of nitrogens with one attached hydrogen (secondary N) is 1. The minimum atomic E-state index is -1.11. The Balaban J connectivity index is 2.72. The van der Waals surface area contributed by atoms with Gasteiger partial charge in [0.2, 0.25) is 6.29 Å². The van der Waals surface area contributed by atoms with Crippen molar-refractivity contribution in [2.24, 2.45) is 0 Å². The maximum Gasteiger partial charge on any atom is 0.410 e. The Morgan fingerprint density at radius 1 is 1.08 bits per heavy atom. The summed E-state index contributed by atoms with van der Waals surface area (Å²) in [6, 6.07) is 8.01. The first kappa shape index (κ1) is 20.1. The lowest BCUT2D eigenvalue weighted by Crippen LogP contribution is -2.44. The molecular weight excluding hydrogens is 330 g/mol. The largest absolute Gasteiger partial charge is 0.481 e. The normalized spacial score (nSPS) is 12.6. The molecule has 0 spiro atoms. The number of hydrogen-bond acceptors (Lipinski definition) is 6. The zero-order chi connectivity index (χ0) is 18.8. The second kappa shape index (κ2) is 10.1. The molecule has 1 amide bonds. The Morgan fingerprint density at radius 3 is 2.28 bits per heavy atom. The highest BCUT2D eigenvalue weighted by Crippen LogP contribution is 2.08. The van der Waals surface area contributed by atoms with Gasteiger partial charge in [-0.05, 0) is 12.0 Å². The number of carbonyl (C=O) groups is 4. The molecule has 25 heavy (non-hydrogen) atoms. The van der Waals surface area contributed by atoms with Gasteiger partial charge in [-0.2, -0.15) is 0 Å². The first-order valence-electron chi connectivity index (χ1n) is 7.70. The Kier molecular flexibility index (Phi) is 8.11. The molecule has 1 rings (SSSR count). The van der Waals surface area contributed by atoms with Crippen LogP contribution in [0, 0.1) is 0 Å². The van der Waals surface area contributed by atoms with Crippen LogP contribution < -0.4 is 5.32 Å². The van der Waals surface area contributed by atoms with Crippen LogP contribution in [-0.2, 0) is 30.3 Å². The highest BCUT2D eigenvalue weighted by atomic mass is 16.7. The van der Waals surface area contributed by atoms with Crippen LogP contribution in [0.1, 0.15) is 32.3 Å². The molecule has 136 valence electrons. The standard InChI is InChI=1S/C17H21NO7/c1-11(19)24-12(2)25-17(23)18-14(15(20)8-9-16(21)22)10-13-6-4-3-5-7-13/h3-7,12,14H,8-10H2,1-2H3,(H,18,23)(H,21,22). The number of amides is 1. The lowest BCUT2D eigenvalue weighted by Gasteiger charge is -2.19. The third-order valence-corrected chi connectivity index (χ3v) is 3.15. The third-order valence-electron chi connectivity index (χ3n) is 3.15. The van der Waals surface area contributed by atoms with Gasteiger partial charge in [-0.3, -0.25) is 14.4 Å². The number of hydrogen-bond donors (Lipinski definition) is 2. The zero-order valence-corrected chi connectivity index (χ0v) is 14.1. The Labute approximate surface area is 145 Å². The molecule has 2 atom stereocenters. The fraction of sp³-hybridized carbons (Fsp3) is 0.412. The topological polar surface area (TPSA) is 119 Å². The van der Waals surface area contributed by atoms with Crippen LogP contribution in [0.2, 0.25) is 0 Å². The third kappa shape index (κ3) is 8.50. The lowest BCUT2D eigenvalue weighted by molar-refractivity contribution is -0.162. The SMILES string of the molecule is CC(=O)OC(C)OC(=O)NC(Cc1ccccc1)C(=O)CCC(=O)O. The van der Waals surface area contributed by atoms with Gasteiger partial charge in [0.25, 0.3) is 0 Å². The van der Waals surface area contributed by atoms with Gasteiger partial charge in [-0.15, -0.1) is 0 Å². The molecule has 0 aliphatic heterocycles. The number of carbonyl (C=O) groups excluding carboxylic acids is 3. The molecule has 1 aromatic carbocycles. The molecule has 0 saturated carbocycles. The van der Waals surface area contributed by atoms with Gasteiger partial charge >= 0.3 is 18.0 Å². The fourth-order valence-corrected chi connectivity index (χ4v) is 2.08. The van der Waals surface area contributed by atoms with E-state index < -0.39 is 36.1 Å². The molecule has 0 saturated heterocycles. The smallest absolute Gasteiger partial charge is 0.410 e. The monoisotopic (exact) mass is 351 g/mol. The Hall–Kier alpha value is -2.90. The molecule has 2 N–H and O–H groups in total. The van der Waals surface area contributed by atoms with Crippen molar-refractivity contribution < 1.29 is 33.8 Å². The average molecular weight is 351 g/mol. The summed E-state index contributed by atoms with van der Waals surface area (Å²) in [6.07, 6.45) is -2.39. The van der Waals surface area contributed by atoms with Crippen molar-refractivity contribution in [3.05, 3.63) is 35.9 Å². The number of benzene rings is 1. The van der Waals surface area contributed by atoms with Gasteiger partial charge in [0.1, 0.15) is 0 Å². The minimum absolute atomic E-state index is 0.191. The average Bonchev–Trinajstić information content (AvgIpc) is 2.51. The molecule has 8 nitrogen and oxygen atoms in total. The molecule has 1 aromatic rings. The summed E-state index contributed by atoms with van der Waals surface area (Å²) in [6.45, 7) is 2.53. The van der Waals surface area contributed by atoms with Crippen molar-refractivity contribution in [2.75, 3.05) is 0 Å². The van der Waals surface area contributed by atoms with Crippen LogP contribution >= 0.6 is 0 Å². The highest BCUT2D eigenvalue weighted by molar-refractivity contribution is 5.89. The van der Waals surface area contributed by atoms with Gasteiger partial charge in [0.05, 0.1) is 12.5 Å². The molecule has 8 heteroatoms. The van der Waals surface area contributed by atoms with Crippen molar-refractivity contribution >= 4 is 23.8 Å². The van der Waals surface area contributed by atoms with E-state index in [1.165, 1.54) is 13.8 Å². The molecule has 0 radical (unpaired) electrons. The second-order valence-electron chi connectivity index (χ2n) is 5.33. The van der Waals surface area contributed by atoms with E-state index in [1.807, 2.05) is 6.07 Å². The Bertz CT molecular complexity index is 615. The predicted octanol–water partition coefficient (Wildman–Crippen LogP) is 1.67. The molecule has 0 aliphatic carbocycles. The van der Waals surface area contributed by atoms with Crippen LogP contribution in [0.3, 0.4) is 0 Å². The number of ketones is 1. The summed E-state index contributed by atoms with van der Waals surface area (Å²) in [7, 11) is 0. The molecule has 0 aliphatic rings. The summed E-state index contributed by atoms with van der Waals surface area (Å²) >= 11 is 0. The maximum atomic E-state index is 12.2. The van der Waals surface area contributed by atoms with Crippen molar-refractivity contribution in [1.82, 2.24) is 5.32 Å². The van der Waals surface area contributed by atoms with Crippen molar-refractivity contribution in [2.45, 2.75) is 45.4 Å². The number of Topliss-reactive ketones (excluding diaryl/α,β-unsaturated/α-hetero) is 1. The molecular formula is C17H21NO7. The zero-order valence-electron chi connectivity index (χ0n) is 14.1. The first-order chi connectivity index (χ1) is 11.8. The van der Waals surface area contributed by atoms with Gasteiger partial charge in [0.15, 0.2) is 5.78 Å². The summed E-state index contributed by atoms with van der Waals surface area (Å²) in [4.78, 5) is 45.6. The van der Waals surface area contributed by atoms with E-state index in [9.17, 15) is 19.2 Å². The van der Waals surface area contributed by atoms with Crippen molar-refractivity contribution in [1.29, 1.82) is 0 Å². The van der Waals surface area contributed by atoms with E-state index in [2.05, 4.69) is 10.1 Å². The number of rotatable bonds is 9. The summed E-state index contributed by atoms with van der Waals surface area (Å²) in [5.41, 5.74) is 0.796. The summed E-state index contributed by atoms with van der Waals surface area (Å²) < 4.78 is 9.52. The number of esters is 1. The molecule has 0 fully saturated rings. The minimum Gasteiger partial charge on any atom is -0.481 e. The van der Waals surface area contributed by atoms with Gasteiger partial charge in [0, 0.05) is 20.3 Å². The van der Waals surface area contributed by atoms with Gasteiger partial charge < -0.3 is 19.9 Å². The second-order valence-corrected chi connectivity index (χ2v) is 5.33. The van der Waals surface area contributed by atoms with Crippen molar-refractivity contribution in [3.63, 3.8) is 0 Å². The number of carboxylic acid groups (broad SMARTS) is 1. The van der Waals surface area contributed by atoms with Crippen LogP contribution in [0.5, 0.6) is 0 Å². The molecule has 2 unspecified atom stereocenters. The molecule has 0 aromatic heterocycles. The number of ether oxygens (including phenoxy) is 2. The summed E-state index contributed by atoms with van der Waals surface area (Å²) in [5, 5.41) is 11.1. The van der Waals surface area contributed by atoms with E-state index in [0.29, 0.717) is 0 Å². The number of carboxylic acids is 1.